The standard InChI is InChI=1S/C30H39N7OS/c1-19(30(2,3)4)36(5)18-20-12-21(6-7-37-8-10-38-11-9-37)23-14-25(33-24(23)13-20)28-29-26(34-35-28)15-27(39-29)22-16-31-32-17-22/h12-17,19,33H,6-11,18H2,1-5H3,(H,31,32)(H,34,35). The summed E-state index contributed by atoms with van der Waals surface area (Å²) in [6, 6.07) is 9.67. The molecule has 0 aliphatic carbocycles. The maximum absolute atomic E-state index is 5.57. The quantitative estimate of drug-likeness (QED) is 0.226. The number of hydrogen-bond acceptors (Lipinski definition) is 6. The minimum Gasteiger partial charge on any atom is -0.379 e. The van der Waals surface area contributed by atoms with Crippen molar-refractivity contribution in [3.8, 4) is 21.8 Å². The number of rotatable bonds is 8. The zero-order chi connectivity index (χ0) is 27.1. The Labute approximate surface area is 233 Å². The van der Waals surface area contributed by atoms with E-state index in [1.807, 2.05) is 12.4 Å². The van der Waals surface area contributed by atoms with Crippen molar-refractivity contribution in [3.05, 3.63) is 47.8 Å². The summed E-state index contributed by atoms with van der Waals surface area (Å²) in [6.07, 6.45) is 4.81. The summed E-state index contributed by atoms with van der Waals surface area (Å²) in [4.78, 5) is 9.90. The van der Waals surface area contributed by atoms with E-state index >= 15 is 0 Å². The van der Waals surface area contributed by atoms with Gasteiger partial charge in [0, 0.05) is 59.8 Å². The summed E-state index contributed by atoms with van der Waals surface area (Å²) in [7, 11) is 2.24. The van der Waals surface area contributed by atoms with Gasteiger partial charge >= 0.3 is 0 Å². The van der Waals surface area contributed by atoms with Gasteiger partial charge < -0.3 is 9.72 Å². The minimum atomic E-state index is 0.221. The van der Waals surface area contributed by atoms with Crippen LogP contribution in [0.3, 0.4) is 0 Å². The number of hydrogen-bond donors (Lipinski definition) is 3. The monoisotopic (exact) mass is 545 g/mol. The lowest BCUT2D eigenvalue weighted by Gasteiger charge is -2.35. The Bertz CT molecular complexity index is 1550. The summed E-state index contributed by atoms with van der Waals surface area (Å²) < 4.78 is 6.73. The Morgan fingerprint density at radius 2 is 1.95 bits per heavy atom. The summed E-state index contributed by atoms with van der Waals surface area (Å²) in [5.74, 6) is 0. The molecule has 0 radical (unpaired) electrons. The van der Waals surface area contributed by atoms with Crippen LogP contribution in [0.15, 0.2) is 36.7 Å². The summed E-state index contributed by atoms with van der Waals surface area (Å²) in [5, 5.41) is 16.3. The fourth-order valence-electron chi connectivity index (χ4n) is 5.52. The number of H-pyrrole nitrogens is 3. The van der Waals surface area contributed by atoms with Gasteiger partial charge in [-0.1, -0.05) is 26.8 Å². The van der Waals surface area contributed by atoms with E-state index in [9.17, 15) is 0 Å². The van der Waals surface area contributed by atoms with Gasteiger partial charge in [0.1, 0.15) is 5.69 Å². The van der Waals surface area contributed by atoms with Gasteiger partial charge in [-0.05, 0) is 55.1 Å². The van der Waals surface area contributed by atoms with E-state index in [1.54, 1.807) is 11.3 Å². The lowest BCUT2D eigenvalue weighted by Crippen LogP contribution is -2.38. The Kier molecular flexibility index (Phi) is 7.09. The first-order chi connectivity index (χ1) is 18.8. The topological polar surface area (TPSA) is 88.9 Å². The van der Waals surface area contributed by atoms with Crippen LogP contribution in [0.5, 0.6) is 0 Å². The number of morpholine rings is 1. The number of thiophene rings is 1. The molecule has 8 nitrogen and oxygen atoms in total. The second-order valence-corrected chi connectivity index (χ2v) is 13.0. The third-order valence-corrected chi connectivity index (χ3v) is 9.50. The minimum absolute atomic E-state index is 0.221. The molecule has 1 atom stereocenters. The van der Waals surface area contributed by atoms with Crippen molar-refractivity contribution in [1.29, 1.82) is 0 Å². The zero-order valence-corrected chi connectivity index (χ0v) is 24.4. The maximum atomic E-state index is 5.57. The first-order valence-corrected chi connectivity index (χ1v) is 14.7. The molecule has 1 aromatic carbocycles. The van der Waals surface area contributed by atoms with Crippen molar-refractivity contribution in [1.82, 2.24) is 35.2 Å². The highest BCUT2D eigenvalue weighted by Crippen LogP contribution is 2.38. The van der Waals surface area contributed by atoms with Crippen molar-refractivity contribution < 1.29 is 4.74 Å². The van der Waals surface area contributed by atoms with Crippen LogP contribution in [0.2, 0.25) is 0 Å². The molecule has 206 valence electrons. The van der Waals surface area contributed by atoms with Gasteiger partial charge in [-0.25, -0.2) is 0 Å². The highest BCUT2D eigenvalue weighted by atomic mass is 32.1. The van der Waals surface area contributed by atoms with Gasteiger partial charge in [0.05, 0.1) is 35.3 Å². The summed E-state index contributed by atoms with van der Waals surface area (Å²) in [5.41, 5.74) is 8.31. The second kappa shape index (κ2) is 10.5. The Morgan fingerprint density at radius 1 is 1.13 bits per heavy atom. The number of nitrogens with zero attached hydrogens (tertiary/aromatic N) is 4. The molecule has 6 rings (SSSR count). The molecule has 39 heavy (non-hydrogen) atoms. The molecule has 0 bridgehead atoms. The van der Waals surface area contributed by atoms with E-state index in [2.05, 4.69) is 89.1 Å². The van der Waals surface area contributed by atoms with Crippen molar-refractivity contribution in [2.75, 3.05) is 39.9 Å². The molecule has 3 N–H and O–H groups in total. The van der Waals surface area contributed by atoms with Gasteiger partial charge in [0.25, 0.3) is 0 Å². The van der Waals surface area contributed by atoms with Crippen LogP contribution < -0.4 is 0 Å². The molecule has 0 amide bonds. The Hall–Kier alpha value is -2.98. The lowest BCUT2D eigenvalue weighted by molar-refractivity contribution is 0.0385. The molecule has 1 aliphatic rings. The molecule has 5 heterocycles. The van der Waals surface area contributed by atoms with Crippen molar-refractivity contribution in [3.63, 3.8) is 0 Å². The van der Waals surface area contributed by atoms with Crippen molar-refractivity contribution in [2.45, 2.75) is 46.7 Å². The Balaban J connectivity index is 1.36. The van der Waals surface area contributed by atoms with E-state index in [1.165, 1.54) is 26.9 Å². The molecule has 1 unspecified atom stereocenters. The van der Waals surface area contributed by atoms with Crippen LogP contribution in [0.4, 0.5) is 0 Å². The Morgan fingerprint density at radius 3 is 2.69 bits per heavy atom. The van der Waals surface area contributed by atoms with Crippen LogP contribution in [0.1, 0.15) is 38.8 Å². The first kappa shape index (κ1) is 26.3. The normalized spacial score (nSPS) is 16.2. The average molecular weight is 546 g/mol. The first-order valence-electron chi connectivity index (χ1n) is 13.9. The SMILES string of the molecule is CC(N(C)Cc1cc(CCN2CCOCC2)c2cc(-c3n[nH]c4cc(-c5cn[nH]c5)sc34)[nH]c2c1)C(C)(C)C. The number of aromatic amines is 3. The number of benzene rings is 1. The third kappa shape index (κ3) is 5.41. The van der Waals surface area contributed by atoms with Crippen LogP contribution in [0.25, 0.3) is 42.9 Å². The highest BCUT2D eigenvalue weighted by Gasteiger charge is 2.24. The van der Waals surface area contributed by atoms with Gasteiger partial charge in [-0.15, -0.1) is 11.3 Å². The van der Waals surface area contributed by atoms with Crippen LogP contribution in [0, 0.1) is 5.41 Å². The van der Waals surface area contributed by atoms with E-state index in [0.29, 0.717) is 6.04 Å². The number of aromatic nitrogens is 5. The van der Waals surface area contributed by atoms with Crippen LogP contribution in [-0.4, -0.2) is 81.1 Å². The third-order valence-electron chi connectivity index (χ3n) is 8.30. The molecule has 1 saturated heterocycles. The molecule has 0 spiro atoms. The molecule has 4 aromatic heterocycles. The highest BCUT2D eigenvalue weighted by molar-refractivity contribution is 7.22. The van der Waals surface area contributed by atoms with Crippen LogP contribution >= 0.6 is 11.3 Å². The van der Waals surface area contributed by atoms with Crippen LogP contribution in [-0.2, 0) is 17.7 Å². The summed E-state index contributed by atoms with van der Waals surface area (Å²) in [6.45, 7) is 14.9. The fraction of sp³-hybridized carbons (Fsp3) is 0.467. The smallest absolute Gasteiger partial charge is 0.126 e. The largest absolute Gasteiger partial charge is 0.379 e. The van der Waals surface area contributed by atoms with Crippen molar-refractivity contribution >= 4 is 32.5 Å². The summed E-state index contributed by atoms with van der Waals surface area (Å²) >= 11 is 1.74. The number of fused-ring (bicyclic) bond motifs is 2. The second-order valence-electron chi connectivity index (χ2n) is 12.0. The molecule has 0 saturated carbocycles. The molecule has 1 fully saturated rings. The number of nitrogens with one attached hydrogen (secondary N) is 3. The fourth-order valence-corrected chi connectivity index (χ4v) is 6.61. The van der Waals surface area contributed by atoms with E-state index < -0.39 is 0 Å². The van der Waals surface area contributed by atoms with Gasteiger partial charge in [0.15, 0.2) is 0 Å². The van der Waals surface area contributed by atoms with Crippen molar-refractivity contribution in [2.24, 2.45) is 5.41 Å². The van der Waals surface area contributed by atoms with Gasteiger partial charge in [0.2, 0.25) is 0 Å². The van der Waals surface area contributed by atoms with E-state index in [4.69, 9.17) is 9.84 Å². The molecule has 9 heteroatoms. The average Bonchev–Trinajstić information content (AvgIpc) is 3.70. The zero-order valence-electron chi connectivity index (χ0n) is 23.6. The van der Waals surface area contributed by atoms with Gasteiger partial charge in [-0.2, -0.15) is 10.2 Å². The predicted molar refractivity (Wildman–Crippen MR) is 160 cm³/mol. The van der Waals surface area contributed by atoms with E-state index in [0.717, 1.165) is 73.0 Å². The molecular formula is C30H39N7OS. The maximum Gasteiger partial charge on any atom is 0.126 e. The lowest BCUT2D eigenvalue weighted by atomic mass is 9.87. The molecule has 1 aliphatic heterocycles. The van der Waals surface area contributed by atoms with Gasteiger partial charge in [-0.3, -0.25) is 20.0 Å². The molecular weight excluding hydrogens is 506 g/mol. The predicted octanol–water partition coefficient (Wildman–Crippen LogP) is 5.90. The molecule has 5 aromatic rings. The number of ether oxygens (including phenoxy) is 1. The van der Waals surface area contributed by atoms with E-state index in [-0.39, 0.29) is 5.41 Å².